The maximum absolute atomic E-state index is 13.1. The third-order valence-corrected chi connectivity index (χ3v) is 5.86. The molecular weight excluding hydrogens is 338 g/mol. The predicted molar refractivity (Wildman–Crippen MR) is 106 cm³/mol. The number of carbonyl (C=O) groups excluding carboxylic acids is 1. The van der Waals surface area contributed by atoms with Crippen molar-refractivity contribution < 1.29 is 4.79 Å². The first-order chi connectivity index (χ1) is 13.3. The van der Waals surface area contributed by atoms with Crippen LogP contribution in [0.15, 0.2) is 36.8 Å². The highest BCUT2D eigenvalue weighted by atomic mass is 16.2. The molecule has 1 atom stereocenters. The van der Waals surface area contributed by atoms with Gasteiger partial charge in [-0.25, -0.2) is 4.98 Å². The summed E-state index contributed by atoms with van der Waals surface area (Å²) in [4.78, 5) is 19.6. The van der Waals surface area contributed by atoms with Gasteiger partial charge in [-0.2, -0.15) is 5.10 Å². The van der Waals surface area contributed by atoms with Gasteiger partial charge in [0, 0.05) is 43.8 Å². The molecule has 27 heavy (non-hydrogen) atoms. The molecule has 6 nitrogen and oxygen atoms in total. The number of rotatable bonds is 6. The van der Waals surface area contributed by atoms with Crippen molar-refractivity contribution in [2.45, 2.75) is 70.0 Å². The van der Waals surface area contributed by atoms with Crippen LogP contribution >= 0.6 is 0 Å². The Balaban J connectivity index is 1.38. The van der Waals surface area contributed by atoms with Crippen molar-refractivity contribution in [3.8, 4) is 0 Å². The molecule has 0 radical (unpaired) electrons. The van der Waals surface area contributed by atoms with Gasteiger partial charge in [-0.1, -0.05) is 12.8 Å². The zero-order valence-corrected chi connectivity index (χ0v) is 15.9. The molecule has 0 bridgehead atoms. The van der Waals surface area contributed by atoms with Crippen LogP contribution in [0.4, 0.5) is 5.82 Å². The SMILES string of the molecule is O=C(c1ccc(NC2CCCC2)nc1)N1CCCC[C@@H]1CCn1cccn1. The number of likely N-dealkylation sites (tertiary alicyclic amines) is 1. The fourth-order valence-corrected chi connectivity index (χ4v) is 4.33. The van der Waals surface area contributed by atoms with E-state index in [1.807, 2.05) is 34.0 Å². The van der Waals surface area contributed by atoms with Gasteiger partial charge in [0.15, 0.2) is 0 Å². The molecule has 2 aromatic heterocycles. The van der Waals surface area contributed by atoms with Gasteiger partial charge in [0.25, 0.3) is 5.91 Å². The molecule has 1 saturated heterocycles. The highest BCUT2D eigenvalue weighted by Gasteiger charge is 2.27. The van der Waals surface area contributed by atoms with E-state index in [-0.39, 0.29) is 11.9 Å². The molecule has 6 heteroatoms. The summed E-state index contributed by atoms with van der Waals surface area (Å²) in [6, 6.07) is 6.64. The normalized spacial score (nSPS) is 20.7. The number of aryl methyl sites for hydroxylation is 1. The monoisotopic (exact) mass is 367 g/mol. The van der Waals surface area contributed by atoms with Crippen LogP contribution in [0.25, 0.3) is 0 Å². The lowest BCUT2D eigenvalue weighted by Gasteiger charge is -2.36. The van der Waals surface area contributed by atoms with E-state index < -0.39 is 0 Å². The third kappa shape index (κ3) is 4.49. The van der Waals surface area contributed by atoms with Gasteiger partial charge in [-0.3, -0.25) is 9.48 Å². The topological polar surface area (TPSA) is 63.1 Å². The molecule has 1 aliphatic heterocycles. The number of nitrogens with one attached hydrogen (secondary N) is 1. The third-order valence-electron chi connectivity index (χ3n) is 5.86. The van der Waals surface area contributed by atoms with Crippen molar-refractivity contribution in [2.24, 2.45) is 0 Å². The van der Waals surface area contributed by atoms with E-state index in [1.54, 1.807) is 12.4 Å². The molecule has 4 rings (SSSR count). The Bertz CT molecular complexity index is 722. The minimum atomic E-state index is 0.111. The summed E-state index contributed by atoms with van der Waals surface area (Å²) >= 11 is 0. The van der Waals surface area contributed by atoms with Gasteiger partial charge < -0.3 is 10.2 Å². The number of hydrogen-bond donors (Lipinski definition) is 1. The summed E-state index contributed by atoms with van der Waals surface area (Å²) in [5.41, 5.74) is 0.693. The second-order valence-electron chi connectivity index (χ2n) is 7.76. The number of nitrogens with zero attached hydrogens (tertiary/aromatic N) is 4. The van der Waals surface area contributed by atoms with Gasteiger partial charge in [-0.15, -0.1) is 0 Å². The van der Waals surface area contributed by atoms with Crippen molar-refractivity contribution >= 4 is 11.7 Å². The molecule has 2 fully saturated rings. The number of piperidine rings is 1. The van der Waals surface area contributed by atoms with Gasteiger partial charge in [0.1, 0.15) is 5.82 Å². The van der Waals surface area contributed by atoms with Gasteiger partial charge in [0.05, 0.1) is 5.56 Å². The zero-order valence-electron chi connectivity index (χ0n) is 15.9. The van der Waals surface area contributed by atoms with Gasteiger partial charge >= 0.3 is 0 Å². The summed E-state index contributed by atoms with van der Waals surface area (Å²) in [6.45, 7) is 1.69. The van der Waals surface area contributed by atoms with Crippen LogP contribution in [0, 0.1) is 0 Å². The van der Waals surface area contributed by atoms with E-state index in [0.717, 1.165) is 38.2 Å². The number of aromatic nitrogens is 3. The average Bonchev–Trinajstić information content (AvgIpc) is 3.41. The second kappa shape index (κ2) is 8.55. The minimum absolute atomic E-state index is 0.111. The molecule has 1 aliphatic carbocycles. The maximum Gasteiger partial charge on any atom is 0.255 e. The molecule has 2 aromatic rings. The highest BCUT2D eigenvalue weighted by molar-refractivity contribution is 5.94. The zero-order chi connectivity index (χ0) is 18.5. The molecule has 1 N–H and O–H groups in total. The van der Waals surface area contributed by atoms with E-state index in [4.69, 9.17) is 0 Å². The summed E-state index contributed by atoms with van der Waals surface area (Å²) in [6.07, 6.45) is 14.8. The number of carbonyl (C=O) groups is 1. The smallest absolute Gasteiger partial charge is 0.255 e. The Kier molecular flexibility index (Phi) is 5.70. The second-order valence-corrected chi connectivity index (χ2v) is 7.76. The lowest BCUT2D eigenvalue weighted by molar-refractivity contribution is 0.0593. The maximum atomic E-state index is 13.1. The van der Waals surface area contributed by atoms with Crippen LogP contribution < -0.4 is 5.32 Å². The van der Waals surface area contributed by atoms with Crippen molar-refractivity contribution in [3.63, 3.8) is 0 Å². The van der Waals surface area contributed by atoms with Crippen LogP contribution in [0.3, 0.4) is 0 Å². The molecule has 1 saturated carbocycles. The standard InChI is InChI=1S/C21H29N5O/c27-21(17-9-10-20(22-16-17)24-18-6-1-2-7-18)26-14-4-3-8-19(26)11-15-25-13-5-12-23-25/h5,9-10,12-13,16,18-19H,1-4,6-8,11,14-15H2,(H,22,24)/t19-/m1/s1. The summed E-state index contributed by atoms with van der Waals surface area (Å²) in [5.74, 6) is 0.993. The fraction of sp³-hybridized carbons (Fsp3) is 0.571. The van der Waals surface area contributed by atoms with E-state index >= 15 is 0 Å². The van der Waals surface area contributed by atoms with E-state index in [1.165, 1.54) is 32.1 Å². The molecule has 144 valence electrons. The Hall–Kier alpha value is -2.37. The summed E-state index contributed by atoms with van der Waals surface area (Å²) in [5, 5.41) is 7.76. The molecular formula is C21H29N5O. The lowest BCUT2D eigenvalue weighted by Crippen LogP contribution is -2.44. The largest absolute Gasteiger partial charge is 0.367 e. The van der Waals surface area contributed by atoms with Crippen LogP contribution in [0.2, 0.25) is 0 Å². The molecule has 1 amide bonds. The van der Waals surface area contributed by atoms with Crippen LogP contribution in [0.5, 0.6) is 0 Å². The molecule has 0 spiro atoms. The van der Waals surface area contributed by atoms with Gasteiger partial charge in [-0.05, 0) is 56.7 Å². The molecule has 0 aromatic carbocycles. The quantitative estimate of drug-likeness (QED) is 0.845. The fourth-order valence-electron chi connectivity index (χ4n) is 4.33. The first kappa shape index (κ1) is 18.0. The number of anilines is 1. The Morgan fingerprint density at radius 3 is 2.74 bits per heavy atom. The van der Waals surface area contributed by atoms with Crippen LogP contribution in [0.1, 0.15) is 61.7 Å². The molecule has 2 aliphatic rings. The van der Waals surface area contributed by atoms with Crippen molar-refractivity contribution in [1.82, 2.24) is 19.7 Å². The first-order valence-electron chi connectivity index (χ1n) is 10.3. The number of pyridine rings is 1. The van der Waals surface area contributed by atoms with Crippen molar-refractivity contribution in [1.29, 1.82) is 0 Å². The highest BCUT2D eigenvalue weighted by Crippen LogP contribution is 2.24. The van der Waals surface area contributed by atoms with Crippen LogP contribution in [-0.4, -0.2) is 44.2 Å². The summed E-state index contributed by atoms with van der Waals surface area (Å²) in [7, 11) is 0. The van der Waals surface area contributed by atoms with E-state index in [2.05, 4.69) is 15.4 Å². The van der Waals surface area contributed by atoms with E-state index in [0.29, 0.717) is 11.6 Å². The average molecular weight is 367 g/mol. The number of amides is 1. The predicted octanol–water partition coefficient (Wildman–Crippen LogP) is 3.72. The van der Waals surface area contributed by atoms with Crippen molar-refractivity contribution in [2.75, 3.05) is 11.9 Å². The van der Waals surface area contributed by atoms with Gasteiger partial charge in [0.2, 0.25) is 0 Å². The Labute approximate surface area is 161 Å². The summed E-state index contributed by atoms with van der Waals surface area (Å²) < 4.78 is 1.95. The Morgan fingerprint density at radius 1 is 1.15 bits per heavy atom. The van der Waals surface area contributed by atoms with Crippen molar-refractivity contribution in [3.05, 3.63) is 42.4 Å². The molecule has 0 unspecified atom stereocenters. The Morgan fingerprint density at radius 2 is 2.00 bits per heavy atom. The van der Waals surface area contributed by atoms with E-state index in [9.17, 15) is 4.79 Å². The number of hydrogen-bond acceptors (Lipinski definition) is 4. The lowest BCUT2D eigenvalue weighted by atomic mass is 9.98. The van der Waals surface area contributed by atoms with Crippen LogP contribution in [-0.2, 0) is 6.54 Å². The molecule has 3 heterocycles. The first-order valence-corrected chi connectivity index (χ1v) is 10.3. The minimum Gasteiger partial charge on any atom is -0.367 e.